The smallest absolute Gasteiger partial charge is 0.325 e. The van der Waals surface area contributed by atoms with E-state index in [1.54, 1.807) is 35.9 Å². The molecule has 0 unspecified atom stereocenters. The third-order valence-corrected chi connectivity index (χ3v) is 7.63. The molecule has 3 aromatic heterocycles. The van der Waals surface area contributed by atoms with E-state index in [4.69, 9.17) is 4.74 Å². The highest BCUT2D eigenvalue weighted by atomic mass is 32.1. The van der Waals surface area contributed by atoms with E-state index in [-0.39, 0.29) is 30.7 Å². The summed E-state index contributed by atoms with van der Waals surface area (Å²) in [5.41, 5.74) is 4.12. The number of nitrogens with one attached hydrogen (secondary N) is 2. The minimum absolute atomic E-state index is 0.0716. The summed E-state index contributed by atoms with van der Waals surface area (Å²) in [5.74, 6) is -0.120. The van der Waals surface area contributed by atoms with Gasteiger partial charge in [-0.2, -0.15) is 0 Å². The molecule has 0 aliphatic carbocycles. The van der Waals surface area contributed by atoms with Crippen LogP contribution in [0.15, 0.2) is 42.6 Å². The van der Waals surface area contributed by atoms with E-state index in [0.717, 1.165) is 38.2 Å². The first-order valence-corrected chi connectivity index (χ1v) is 12.2. The Morgan fingerprint density at radius 3 is 2.83 bits per heavy atom. The van der Waals surface area contributed by atoms with Gasteiger partial charge in [0.1, 0.15) is 0 Å². The molecular weight excluding hydrogens is 466 g/mol. The highest BCUT2D eigenvalue weighted by Crippen LogP contribution is 2.35. The van der Waals surface area contributed by atoms with E-state index < -0.39 is 0 Å². The number of carbonyl (C=O) groups is 2. The van der Waals surface area contributed by atoms with Gasteiger partial charge in [0.05, 0.1) is 45.1 Å². The number of aliphatic hydroxyl groups is 1. The lowest BCUT2D eigenvalue weighted by molar-refractivity contribution is 0.0652. The molecule has 0 radical (unpaired) electrons. The molecule has 35 heavy (non-hydrogen) atoms. The fourth-order valence-electron chi connectivity index (χ4n) is 4.72. The molecule has 0 saturated carbocycles. The standard InChI is InChI=1S/C25H27N5O4S/c1-14-8-15-9-16(4-5-21(15)30(14)25(33)26-2)28-19-6-7-27-20-11-22(35-23(19)20)24(32)29-12-18(34-3)10-17(29)13-31/h4-9,11,17-18,31H,10,12-13H2,1-3H3,(H,26,33)(H,27,28)/t17-,18+/m0/s1. The molecule has 182 valence electrons. The Hall–Kier alpha value is -3.47. The number of likely N-dealkylation sites (tertiary alicyclic amines) is 1. The van der Waals surface area contributed by atoms with Crippen molar-refractivity contribution >= 4 is 55.8 Å². The molecule has 0 bridgehead atoms. The number of aromatic nitrogens is 2. The number of thiophene rings is 1. The molecule has 0 spiro atoms. The Bertz CT molecular complexity index is 1430. The molecular formula is C25H27N5O4S. The van der Waals surface area contributed by atoms with Crippen molar-refractivity contribution < 1.29 is 19.4 Å². The number of anilines is 2. The van der Waals surface area contributed by atoms with Crippen LogP contribution in [-0.2, 0) is 4.74 Å². The third kappa shape index (κ3) is 4.13. The van der Waals surface area contributed by atoms with Crippen molar-refractivity contribution in [1.82, 2.24) is 19.8 Å². The number of pyridine rings is 1. The van der Waals surface area contributed by atoms with Gasteiger partial charge in [0.2, 0.25) is 0 Å². The van der Waals surface area contributed by atoms with Gasteiger partial charge in [0, 0.05) is 43.7 Å². The molecule has 2 amide bonds. The quantitative estimate of drug-likeness (QED) is 0.391. The number of hydrogen-bond donors (Lipinski definition) is 3. The maximum absolute atomic E-state index is 13.3. The lowest BCUT2D eigenvalue weighted by Crippen LogP contribution is -2.37. The van der Waals surface area contributed by atoms with Crippen molar-refractivity contribution in [3.63, 3.8) is 0 Å². The molecule has 1 fully saturated rings. The largest absolute Gasteiger partial charge is 0.394 e. The molecule has 1 saturated heterocycles. The number of ether oxygens (including phenoxy) is 1. The molecule has 9 nitrogen and oxygen atoms in total. The van der Waals surface area contributed by atoms with E-state index in [1.165, 1.54) is 11.3 Å². The second-order valence-corrected chi connectivity index (χ2v) is 9.70. The van der Waals surface area contributed by atoms with E-state index >= 15 is 0 Å². The maximum atomic E-state index is 13.3. The van der Waals surface area contributed by atoms with Crippen molar-refractivity contribution in [2.45, 2.75) is 25.5 Å². The fourth-order valence-corrected chi connectivity index (χ4v) is 5.76. The van der Waals surface area contributed by atoms with Gasteiger partial charge >= 0.3 is 6.03 Å². The second-order valence-electron chi connectivity index (χ2n) is 8.65. The zero-order valence-electron chi connectivity index (χ0n) is 19.7. The highest BCUT2D eigenvalue weighted by molar-refractivity contribution is 7.21. The number of fused-ring (bicyclic) bond motifs is 2. The van der Waals surface area contributed by atoms with Crippen molar-refractivity contribution in [2.24, 2.45) is 0 Å². The van der Waals surface area contributed by atoms with Gasteiger partial charge in [-0.05, 0) is 49.7 Å². The van der Waals surface area contributed by atoms with E-state index in [9.17, 15) is 14.7 Å². The van der Waals surface area contributed by atoms with Crippen LogP contribution in [0.5, 0.6) is 0 Å². The second kappa shape index (κ2) is 9.29. The summed E-state index contributed by atoms with van der Waals surface area (Å²) >= 11 is 1.38. The van der Waals surface area contributed by atoms with Crippen LogP contribution in [0.2, 0.25) is 0 Å². The number of aryl methyl sites for hydroxylation is 1. The van der Waals surface area contributed by atoms with Crippen LogP contribution in [0.3, 0.4) is 0 Å². The number of benzene rings is 1. The zero-order chi connectivity index (χ0) is 24.7. The Kier molecular flexibility index (Phi) is 6.18. The third-order valence-electron chi connectivity index (χ3n) is 6.49. The number of amides is 2. The Morgan fingerprint density at radius 2 is 2.09 bits per heavy atom. The summed E-state index contributed by atoms with van der Waals surface area (Å²) in [7, 11) is 3.24. The summed E-state index contributed by atoms with van der Waals surface area (Å²) in [6, 6.07) is 11.1. The number of rotatable bonds is 5. The average Bonchev–Trinajstić information content (AvgIpc) is 3.57. The summed E-state index contributed by atoms with van der Waals surface area (Å²) in [5, 5.41) is 16.8. The van der Waals surface area contributed by atoms with Gasteiger partial charge in [-0.3, -0.25) is 14.3 Å². The molecule has 2 atom stereocenters. The van der Waals surface area contributed by atoms with Crippen LogP contribution in [0.25, 0.3) is 21.1 Å². The van der Waals surface area contributed by atoms with Crippen molar-refractivity contribution in [3.8, 4) is 0 Å². The van der Waals surface area contributed by atoms with Crippen molar-refractivity contribution in [3.05, 3.63) is 53.2 Å². The normalized spacial score (nSPS) is 17.9. The zero-order valence-corrected chi connectivity index (χ0v) is 20.6. The molecule has 4 heterocycles. The summed E-state index contributed by atoms with van der Waals surface area (Å²) < 4.78 is 7.93. The summed E-state index contributed by atoms with van der Waals surface area (Å²) in [4.78, 5) is 32.2. The predicted molar refractivity (Wildman–Crippen MR) is 137 cm³/mol. The first-order chi connectivity index (χ1) is 16.9. The minimum Gasteiger partial charge on any atom is -0.394 e. The molecule has 1 aromatic carbocycles. The number of methoxy groups -OCH3 is 1. The fraction of sp³-hybridized carbons (Fsp3) is 0.320. The van der Waals surface area contributed by atoms with Crippen LogP contribution < -0.4 is 10.6 Å². The predicted octanol–water partition coefficient (Wildman–Crippen LogP) is 3.71. The Balaban J connectivity index is 1.44. The minimum atomic E-state index is -0.250. The van der Waals surface area contributed by atoms with Gasteiger partial charge < -0.3 is 25.4 Å². The maximum Gasteiger partial charge on any atom is 0.325 e. The van der Waals surface area contributed by atoms with Crippen LogP contribution in [0, 0.1) is 6.92 Å². The number of aliphatic hydroxyl groups excluding tert-OH is 1. The van der Waals surface area contributed by atoms with Crippen LogP contribution in [0.1, 0.15) is 21.8 Å². The Morgan fingerprint density at radius 1 is 1.26 bits per heavy atom. The first kappa shape index (κ1) is 23.3. The van der Waals surface area contributed by atoms with Crippen LogP contribution >= 0.6 is 11.3 Å². The van der Waals surface area contributed by atoms with E-state index in [0.29, 0.717) is 17.8 Å². The van der Waals surface area contributed by atoms with E-state index in [1.807, 2.05) is 37.3 Å². The number of nitrogens with zero attached hydrogens (tertiary/aromatic N) is 3. The summed E-state index contributed by atoms with van der Waals surface area (Å²) in [6.45, 7) is 2.27. The lowest BCUT2D eigenvalue weighted by Gasteiger charge is -2.21. The monoisotopic (exact) mass is 493 g/mol. The SMILES string of the molecule is CNC(=O)n1c(C)cc2cc(Nc3ccnc4cc(C(=O)N5C[C@H](OC)C[C@H]5CO)sc34)ccc21. The van der Waals surface area contributed by atoms with Gasteiger partial charge in [-0.15, -0.1) is 11.3 Å². The molecule has 4 aromatic rings. The Labute approximate surface area is 206 Å². The van der Waals surface area contributed by atoms with Gasteiger partial charge in [0.25, 0.3) is 5.91 Å². The van der Waals surface area contributed by atoms with Crippen molar-refractivity contribution in [1.29, 1.82) is 0 Å². The van der Waals surface area contributed by atoms with Crippen molar-refractivity contribution in [2.75, 3.05) is 32.6 Å². The molecule has 5 rings (SSSR count). The molecule has 1 aliphatic rings. The topological polar surface area (TPSA) is 109 Å². The van der Waals surface area contributed by atoms with Gasteiger partial charge in [0.15, 0.2) is 0 Å². The van der Waals surface area contributed by atoms with E-state index in [2.05, 4.69) is 15.6 Å². The van der Waals surface area contributed by atoms with Gasteiger partial charge in [-0.25, -0.2) is 4.79 Å². The molecule has 10 heteroatoms. The number of carbonyl (C=O) groups excluding carboxylic acids is 2. The highest BCUT2D eigenvalue weighted by Gasteiger charge is 2.36. The molecule has 1 aliphatic heterocycles. The van der Waals surface area contributed by atoms with Gasteiger partial charge in [-0.1, -0.05) is 0 Å². The van der Waals surface area contributed by atoms with Crippen LogP contribution in [0.4, 0.5) is 16.2 Å². The van der Waals surface area contributed by atoms with Crippen LogP contribution in [-0.4, -0.2) is 71.0 Å². The number of hydrogen-bond acceptors (Lipinski definition) is 7. The molecule has 3 N–H and O–H groups in total. The summed E-state index contributed by atoms with van der Waals surface area (Å²) in [6.07, 6.45) is 2.26. The first-order valence-electron chi connectivity index (χ1n) is 11.4. The lowest BCUT2D eigenvalue weighted by atomic mass is 10.2. The average molecular weight is 494 g/mol.